The predicted molar refractivity (Wildman–Crippen MR) is 72.7 cm³/mol. The minimum atomic E-state index is 0.00860. The van der Waals surface area contributed by atoms with E-state index in [0.29, 0.717) is 6.42 Å². The summed E-state index contributed by atoms with van der Waals surface area (Å²) < 4.78 is 0. The van der Waals surface area contributed by atoms with Crippen molar-refractivity contribution >= 4 is 5.91 Å². The van der Waals surface area contributed by atoms with Crippen LogP contribution in [-0.4, -0.2) is 37.5 Å². The Morgan fingerprint density at radius 1 is 1.45 bits per heavy atom. The summed E-state index contributed by atoms with van der Waals surface area (Å²) in [5.74, 6) is 1.64. The molecule has 0 spiro atoms. The maximum absolute atomic E-state index is 12.4. The lowest BCUT2D eigenvalue weighted by atomic mass is 10.1. The predicted octanol–water partition coefficient (Wildman–Crippen LogP) is 1.41. The summed E-state index contributed by atoms with van der Waals surface area (Å²) in [4.78, 5) is 22.7. The normalized spacial score (nSPS) is 18.4. The summed E-state index contributed by atoms with van der Waals surface area (Å²) in [5.41, 5.74) is 0.988. The van der Waals surface area contributed by atoms with Crippen molar-refractivity contribution in [2.75, 3.05) is 6.54 Å². The van der Waals surface area contributed by atoms with E-state index < -0.39 is 0 Å². The topological polar surface area (TPSA) is 74.8 Å². The Hall–Kier alpha value is -2.24. The molecule has 20 heavy (non-hydrogen) atoms. The molecule has 1 amide bonds. The third-order valence-electron chi connectivity index (χ3n) is 3.59. The molecule has 1 aliphatic rings. The van der Waals surface area contributed by atoms with Crippen molar-refractivity contribution in [1.82, 2.24) is 25.1 Å². The molecule has 0 bridgehead atoms. The summed E-state index contributed by atoms with van der Waals surface area (Å²) in [5, 5.41) is 7.04. The van der Waals surface area contributed by atoms with E-state index in [1.807, 2.05) is 24.0 Å². The van der Waals surface area contributed by atoms with E-state index in [1.165, 1.54) is 0 Å². The Bertz CT molecular complexity index is 595. The molecule has 6 nitrogen and oxygen atoms in total. The van der Waals surface area contributed by atoms with Crippen LogP contribution < -0.4 is 0 Å². The van der Waals surface area contributed by atoms with Gasteiger partial charge in [-0.1, -0.05) is 0 Å². The minimum Gasteiger partial charge on any atom is -0.332 e. The fourth-order valence-electron chi connectivity index (χ4n) is 2.62. The van der Waals surface area contributed by atoms with Gasteiger partial charge in [-0.05, 0) is 37.5 Å². The van der Waals surface area contributed by atoms with E-state index in [4.69, 9.17) is 0 Å². The van der Waals surface area contributed by atoms with Crippen molar-refractivity contribution in [3.8, 4) is 0 Å². The number of hydrogen-bond donors (Lipinski definition) is 1. The molecule has 2 aromatic heterocycles. The van der Waals surface area contributed by atoms with Gasteiger partial charge in [0.1, 0.15) is 5.82 Å². The lowest BCUT2D eigenvalue weighted by Crippen LogP contribution is -2.32. The molecule has 0 saturated carbocycles. The van der Waals surface area contributed by atoms with E-state index in [-0.39, 0.29) is 11.9 Å². The van der Waals surface area contributed by atoms with Crippen molar-refractivity contribution in [1.29, 1.82) is 0 Å². The van der Waals surface area contributed by atoms with Crippen LogP contribution in [0.25, 0.3) is 0 Å². The van der Waals surface area contributed by atoms with Gasteiger partial charge in [0.25, 0.3) is 0 Å². The van der Waals surface area contributed by atoms with Crippen molar-refractivity contribution in [3.05, 3.63) is 41.7 Å². The monoisotopic (exact) mass is 271 g/mol. The summed E-state index contributed by atoms with van der Waals surface area (Å²) in [6, 6.07) is 3.76. The Balaban J connectivity index is 1.73. The van der Waals surface area contributed by atoms with Gasteiger partial charge < -0.3 is 4.90 Å². The molecule has 6 heteroatoms. The van der Waals surface area contributed by atoms with E-state index in [0.717, 1.165) is 36.6 Å². The average molecular weight is 271 g/mol. The Morgan fingerprint density at radius 3 is 2.95 bits per heavy atom. The van der Waals surface area contributed by atoms with Crippen LogP contribution in [0.5, 0.6) is 0 Å². The third-order valence-corrected chi connectivity index (χ3v) is 3.59. The SMILES string of the molecule is Cc1nc([C@H]2CCCN2C(=O)Cc2ccncc2)n[nH]1. The number of H-pyrrole nitrogens is 1. The zero-order valence-corrected chi connectivity index (χ0v) is 11.4. The summed E-state index contributed by atoms with van der Waals surface area (Å²) in [6.07, 6.45) is 5.76. The van der Waals surface area contributed by atoms with Crippen LogP contribution >= 0.6 is 0 Å². The summed E-state index contributed by atoms with van der Waals surface area (Å²) >= 11 is 0. The highest BCUT2D eigenvalue weighted by atomic mass is 16.2. The molecular weight excluding hydrogens is 254 g/mol. The van der Waals surface area contributed by atoms with Gasteiger partial charge in [-0.3, -0.25) is 14.9 Å². The van der Waals surface area contributed by atoms with Gasteiger partial charge in [-0.25, -0.2) is 4.98 Å². The highest BCUT2D eigenvalue weighted by molar-refractivity contribution is 5.79. The molecule has 1 saturated heterocycles. The molecule has 0 aliphatic carbocycles. The number of pyridine rings is 1. The zero-order chi connectivity index (χ0) is 13.9. The number of nitrogens with one attached hydrogen (secondary N) is 1. The Labute approximate surface area is 117 Å². The highest BCUT2D eigenvalue weighted by Gasteiger charge is 2.32. The van der Waals surface area contributed by atoms with Crippen LogP contribution in [0, 0.1) is 6.92 Å². The molecule has 3 heterocycles. The lowest BCUT2D eigenvalue weighted by Gasteiger charge is -2.22. The maximum Gasteiger partial charge on any atom is 0.227 e. The quantitative estimate of drug-likeness (QED) is 0.916. The number of carbonyl (C=O) groups is 1. The average Bonchev–Trinajstić information content (AvgIpc) is 3.08. The first-order valence-corrected chi connectivity index (χ1v) is 6.81. The maximum atomic E-state index is 12.4. The number of aromatic amines is 1. The third kappa shape index (κ3) is 2.54. The van der Waals surface area contributed by atoms with E-state index in [9.17, 15) is 4.79 Å². The molecule has 2 aromatic rings. The van der Waals surface area contributed by atoms with Crippen LogP contribution in [0.3, 0.4) is 0 Å². The minimum absolute atomic E-state index is 0.00860. The van der Waals surface area contributed by atoms with Gasteiger partial charge in [0.2, 0.25) is 5.91 Å². The zero-order valence-electron chi connectivity index (χ0n) is 11.4. The second-order valence-electron chi connectivity index (χ2n) is 5.06. The molecule has 0 unspecified atom stereocenters. The molecule has 1 atom stereocenters. The van der Waals surface area contributed by atoms with Crippen LogP contribution in [0.2, 0.25) is 0 Å². The van der Waals surface area contributed by atoms with Crippen LogP contribution in [0.15, 0.2) is 24.5 Å². The van der Waals surface area contributed by atoms with Crippen molar-refractivity contribution < 1.29 is 4.79 Å². The van der Waals surface area contributed by atoms with Crippen LogP contribution in [0.4, 0.5) is 0 Å². The van der Waals surface area contributed by atoms with Gasteiger partial charge in [0.05, 0.1) is 12.5 Å². The number of hydrogen-bond acceptors (Lipinski definition) is 4. The van der Waals surface area contributed by atoms with Gasteiger partial charge >= 0.3 is 0 Å². The Morgan fingerprint density at radius 2 is 2.25 bits per heavy atom. The number of carbonyl (C=O) groups excluding carboxylic acids is 1. The first-order valence-electron chi connectivity index (χ1n) is 6.81. The first kappa shape index (κ1) is 12.8. The number of aryl methyl sites for hydroxylation is 1. The standard InChI is InChI=1S/C14H17N5O/c1-10-16-14(18-17-10)12-3-2-8-19(12)13(20)9-11-4-6-15-7-5-11/h4-7,12H,2-3,8-9H2,1H3,(H,16,17,18)/t12-/m1/s1. The van der Waals surface area contributed by atoms with Crippen molar-refractivity contribution in [2.45, 2.75) is 32.2 Å². The van der Waals surface area contributed by atoms with Crippen molar-refractivity contribution in [3.63, 3.8) is 0 Å². The molecule has 3 rings (SSSR count). The number of rotatable bonds is 3. The molecule has 1 aliphatic heterocycles. The number of aromatic nitrogens is 4. The fourth-order valence-corrected chi connectivity index (χ4v) is 2.62. The molecular formula is C14H17N5O. The van der Waals surface area contributed by atoms with Gasteiger partial charge in [-0.15, -0.1) is 0 Å². The number of nitrogens with zero attached hydrogens (tertiary/aromatic N) is 4. The van der Waals surface area contributed by atoms with Gasteiger partial charge in [-0.2, -0.15) is 5.10 Å². The molecule has 1 N–H and O–H groups in total. The summed E-state index contributed by atoms with van der Waals surface area (Å²) in [6.45, 7) is 2.65. The molecule has 0 aromatic carbocycles. The second-order valence-corrected chi connectivity index (χ2v) is 5.06. The van der Waals surface area contributed by atoms with Crippen LogP contribution in [0.1, 0.15) is 36.1 Å². The van der Waals surface area contributed by atoms with E-state index >= 15 is 0 Å². The number of likely N-dealkylation sites (tertiary alicyclic amines) is 1. The van der Waals surface area contributed by atoms with E-state index in [2.05, 4.69) is 20.2 Å². The van der Waals surface area contributed by atoms with E-state index in [1.54, 1.807) is 12.4 Å². The summed E-state index contributed by atoms with van der Waals surface area (Å²) in [7, 11) is 0. The van der Waals surface area contributed by atoms with Crippen molar-refractivity contribution in [2.24, 2.45) is 0 Å². The van der Waals surface area contributed by atoms with Gasteiger partial charge in [0, 0.05) is 18.9 Å². The molecule has 0 radical (unpaired) electrons. The molecule has 104 valence electrons. The largest absolute Gasteiger partial charge is 0.332 e. The fraction of sp³-hybridized carbons (Fsp3) is 0.429. The second kappa shape index (κ2) is 5.40. The smallest absolute Gasteiger partial charge is 0.227 e. The Kier molecular flexibility index (Phi) is 3.45. The molecule has 1 fully saturated rings. The lowest BCUT2D eigenvalue weighted by molar-refractivity contribution is -0.131. The first-order chi connectivity index (χ1) is 9.74. The highest BCUT2D eigenvalue weighted by Crippen LogP contribution is 2.30. The van der Waals surface area contributed by atoms with Crippen LogP contribution in [-0.2, 0) is 11.2 Å². The van der Waals surface area contributed by atoms with Gasteiger partial charge in [0.15, 0.2) is 5.82 Å². The number of amides is 1.